The maximum atomic E-state index is 11.0. The molecule has 0 saturated heterocycles. The van der Waals surface area contributed by atoms with Gasteiger partial charge in [0.15, 0.2) is 4.32 Å². The number of hydrogen-bond acceptors (Lipinski definition) is 5. The van der Waals surface area contributed by atoms with Crippen LogP contribution in [-0.4, -0.2) is 15.1 Å². The highest BCUT2D eigenvalue weighted by atomic mass is 79.9. The van der Waals surface area contributed by atoms with Crippen molar-refractivity contribution in [2.45, 2.75) is 10.2 Å². The van der Waals surface area contributed by atoms with Crippen LogP contribution in [0.2, 0.25) is 0 Å². The van der Waals surface area contributed by atoms with Crippen molar-refractivity contribution in [3.05, 3.63) is 81.9 Å². The fourth-order valence-corrected chi connectivity index (χ4v) is 4.79. The third-order valence-electron chi connectivity index (χ3n) is 4.81. The van der Waals surface area contributed by atoms with Crippen LogP contribution < -0.4 is 4.74 Å². The first-order valence-electron chi connectivity index (χ1n) is 8.23. The Labute approximate surface area is 177 Å². The summed E-state index contributed by atoms with van der Waals surface area (Å²) < 4.78 is 8.65. The molecule has 0 N–H and O–H groups in total. The van der Waals surface area contributed by atoms with Crippen LogP contribution in [0.15, 0.2) is 64.7 Å². The summed E-state index contributed by atoms with van der Waals surface area (Å²) in [7, 11) is 0. The summed E-state index contributed by atoms with van der Waals surface area (Å²) in [6.07, 6.45) is 0. The van der Waals surface area contributed by atoms with Crippen LogP contribution >= 0.6 is 32.1 Å². The molecule has 0 aliphatic carbocycles. The third kappa shape index (κ3) is 2.79. The van der Waals surface area contributed by atoms with Crippen molar-refractivity contribution in [2.75, 3.05) is 0 Å². The monoisotopic (exact) mass is 499 g/mol. The van der Waals surface area contributed by atoms with E-state index in [0.717, 1.165) is 21.9 Å². The first-order chi connectivity index (χ1) is 13.5. The Balaban J connectivity index is 2.04. The number of halogens is 2. The Hall–Kier alpha value is -2.76. The minimum absolute atomic E-state index is 0.0135. The number of nitriles is 1. The molecule has 0 saturated carbocycles. The van der Waals surface area contributed by atoms with Gasteiger partial charge in [0.2, 0.25) is 5.90 Å². The van der Waals surface area contributed by atoms with Gasteiger partial charge in [-0.1, -0.05) is 58.4 Å². The molecule has 3 aromatic rings. The zero-order valence-corrected chi connectivity index (χ0v) is 17.3. The number of alkyl halides is 1. The van der Waals surface area contributed by atoms with Crippen molar-refractivity contribution in [3.8, 4) is 11.8 Å². The van der Waals surface area contributed by atoms with Gasteiger partial charge < -0.3 is 4.74 Å². The van der Waals surface area contributed by atoms with Crippen molar-refractivity contribution < 1.29 is 9.66 Å². The molecule has 0 fully saturated rings. The van der Waals surface area contributed by atoms with Crippen LogP contribution in [0.25, 0.3) is 10.8 Å². The van der Waals surface area contributed by atoms with Gasteiger partial charge in [0, 0.05) is 17.7 Å². The van der Waals surface area contributed by atoms with E-state index in [1.54, 1.807) is 12.1 Å². The average molecular weight is 501 g/mol. The molecular formula is C20H11Br2N3O3. The molecule has 3 aromatic carbocycles. The number of nitro benzene ring substituents is 1. The Morgan fingerprint density at radius 1 is 1.14 bits per heavy atom. The first-order valence-corrected chi connectivity index (χ1v) is 9.73. The van der Waals surface area contributed by atoms with Crippen LogP contribution in [0.3, 0.4) is 0 Å². The minimum atomic E-state index is -1.29. The predicted molar refractivity (Wildman–Crippen MR) is 113 cm³/mol. The SMILES string of the molecule is N#CC1(Br)C(=NBr)Oc2ccc3ccccc3c2C1c1ccc([N+](=O)[O-])cc1. The number of nitrogens with zero attached hydrogens (tertiary/aromatic N) is 3. The number of fused-ring (bicyclic) bond motifs is 3. The Morgan fingerprint density at radius 2 is 1.86 bits per heavy atom. The van der Waals surface area contributed by atoms with E-state index >= 15 is 0 Å². The van der Waals surface area contributed by atoms with E-state index in [0.29, 0.717) is 5.75 Å². The molecule has 1 aliphatic rings. The van der Waals surface area contributed by atoms with Gasteiger partial charge in [-0.2, -0.15) is 9.28 Å². The molecule has 28 heavy (non-hydrogen) atoms. The van der Waals surface area contributed by atoms with E-state index < -0.39 is 15.2 Å². The molecule has 1 heterocycles. The van der Waals surface area contributed by atoms with Crippen LogP contribution in [-0.2, 0) is 0 Å². The predicted octanol–water partition coefficient (Wildman–Crippen LogP) is 5.64. The fraction of sp³-hybridized carbons (Fsp3) is 0.100. The summed E-state index contributed by atoms with van der Waals surface area (Å²) in [4.78, 5) is 10.6. The number of hydrogen-bond donors (Lipinski definition) is 0. The lowest BCUT2D eigenvalue weighted by Crippen LogP contribution is -2.44. The topological polar surface area (TPSA) is 88.5 Å². The summed E-state index contributed by atoms with van der Waals surface area (Å²) in [5.41, 5.74) is 1.55. The Bertz CT molecular complexity index is 1170. The van der Waals surface area contributed by atoms with E-state index in [1.165, 1.54) is 12.1 Å². The van der Waals surface area contributed by atoms with Crippen LogP contribution in [0.5, 0.6) is 5.75 Å². The van der Waals surface area contributed by atoms with Gasteiger partial charge in [0.25, 0.3) is 5.69 Å². The van der Waals surface area contributed by atoms with Crippen LogP contribution in [0, 0.1) is 21.4 Å². The molecule has 2 atom stereocenters. The van der Waals surface area contributed by atoms with Gasteiger partial charge in [-0.3, -0.25) is 10.1 Å². The minimum Gasteiger partial charge on any atom is -0.439 e. The quantitative estimate of drug-likeness (QED) is 0.259. The maximum Gasteiger partial charge on any atom is 0.269 e. The van der Waals surface area contributed by atoms with Crippen LogP contribution in [0.4, 0.5) is 5.69 Å². The molecule has 4 rings (SSSR count). The highest BCUT2D eigenvalue weighted by molar-refractivity contribution is 9.10. The largest absolute Gasteiger partial charge is 0.439 e. The van der Waals surface area contributed by atoms with Crippen molar-refractivity contribution in [1.29, 1.82) is 5.26 Å². The first kappa shape index (κ1) is 18.6. The lowest BCUT2D eigenvalue weighted by Gasteiger charge is -2.37. The van der Waals surface area contributed by atoms with Gasteiger partial charge in [0.05, 0.1) is 33.1 Å². The molecule has 0 bridgehead atoms. The molecule has 1 aliphatic heterocycles. The second-order valence-electron chi connectivity index (χ2n) is 6.30. The van der Waals surface area contributed by atoms with E-state index in [2.05, 4.69) is 42.2 Å². The fourth-order valence-electron chi connectivity index (χ4n) is 3.54. The summed E-state index contributed by atoms with van der Waals surface area (Å²) in [6, 6.07) is 20.1. The summed E-state index contributed by atoms with van der Waals surface area (Å²) in [6.45, 7) is 0. The molecule has 8 heteroatoms. The van der Waals surface area contributed by atoms with E-state index in [-0.39, 0.29) is 11.6 Å². The van der Waals surface area contributed by atoms with Crippen molar-refractivity contribution >= 4 is 54.4 Å². The summed E-state index contributed by atoms with van der Waals surface area (Å²) in [5, 5.41) is 23.0. The smallest absolute Gasteiger partial charge is 0.269 e. The molecule has 138 valence electrons. The number of non-ortho nitro benzene ring substituents is 1. The second-order valence-corrected chi connectivity index (χ2v) is 7.90. The molecule has 0 spiro atoms. The molecule has 2 unspecified atom stereocenters. The average Bonchev–Trinajstić information content (AvgIpc) is 2.73. The van der Waals surface area contributed by atoms with Crippen molar-refractivity contribution in [3.63, 3.8) is 0 Å². The van der Waals surface area contributed by atoms with Crippen LogP contribution in [0.1, 0.15) is 17.0 Å². The van der Waals surface area contributed by atoms with Crippen molar-refractivity contribution in [1.82, 2.24) is 0 Å². The molecular weight excluding hydrogens is 490 g/mol. The molecule has 6 nitrogen and oxygen atoms in total. The van der Waals surface area contributed by atoms with E-state index in [4.69, 9.17) is 4.74 Å². The Morgan fingerprint density at radius 3 is 2.50 bits per heavy atom. The molecule has 0 radical (unpaired) electrons. The second kappa shape index (κ2) is 7.00. The van der Waals surface area contributed by atoms with Gasteiger partial charge in [-0.15, -0.1) is 0 Å². The van der Waals surface area contributed by atoms with Gasteiger partial charge in [-0.25, -0.2) is 0 Å². The maximum absolute atomic E-state index is 11.0. The number of benzene rings is 3. The molecule has 0 amide bonds. The molecule has 0 aromatic heterocycles. The number of rotatable bonds is 2. The lowest BCUT2D eigenvalue weighted by molar-refractivity contribution is -0.384. The third-order valence-corrected chi connectivity index (χ3v) is 6.11. The highest BCUT2D eigenvalue weighted by Gasteiger charge is 2.50. The Kier molecular flexibility index (Phi) is 4.65. The van der Waals surface area contributed by atoms with Gasteiger partial charge in [-0.05, 0) is 22.4 Å². The normalized spacial score (nSPS) is 22.3. The zero-order valence-electron chi connectivity index (χ0n) is 14.2. The highest BCUT2D eigenvalue weighted by Crippen LogP contribution is 2.51. The zero-order chi connectivity index (χ0) is 19.9. The lowest BCUT2D eigenvalue weighted by atomic mass is 9.77. The van der Waals surface area contributed by atoms with Gasteiger partial charge in [0.1, 0.15) is 5.75 Å². The standard InChI is InChI=1S/C20H11Br2N3O3/c21-20(11-23)18(13-5-8-14(9-6-13)25(26)27)17-15-4-2-1-3-12(15)7-10-16(17)28-19(20)24-22/h1-10,18H. The van der Waals surface area contributed by atoms with E-state index in [9.17, 15) is 15.4 Å². The number of ether oxygens (including phenoxy) is 1. The summed E-state index contributed by atoms with van der Waals surface area (Å²) in [5.74, 6) is 0.260. The van der Waals surface area contributed by atoms with Crippen molar-refractivity contribution in [2.24, 2.45) is 4.02 Å². The number of nitro groups is 1. The summed E-state index contributed by atoms with van der Waals surface area (Å²) >= 11 is 6.60. The van der Waals surface area contributed by atoms with Gasteiger partial charge >= 0.3 is 0 Å². The van der Waals surface area contributed by atoms with E-state index in [1.807, 2.05) is 36.4 Å².